The number of halogens is 1. The highest BCUT2D eigenvalue weighted by Crippen LogP contribution is 2.46. The highest BCUT2D eigenvalue weighted by molar-refractivity contribution is 7.61. The van der Waals surface area contributed by atoms with Crippen molar-refractivity contribution in [3.05, 3.63) is 36.1 Å². The van der Waals surface area contributed by atoms with E-state index in [9.17, 15) is 8.96 Å². The molecule has 0 aliphatic heterocycles. The molecule has 2 rings (SSSR count). The fourth-order valence-corrected chi connectivity index (χ4v) is 3.22. The number of hydrogen-bond acceptors (Lipinski definition) is 4. The second-order valence-corrected chi connectivity index (χ2v) is 5.97. The Hall–Kier alpha value is -1.49. The van der Waals surface area contributed by atoms with Gasteiger partial charge >= 0.3 is 7.60 Å². The van der Waals surface area contributed by atoms with Crippen LogP contribution in [0.5, 0.6) is 0 Å². The third kappa shape index (κ3) is 3.15. The fourth-order valence-electron chi connectivity index (χ4n) is 1.74. The average Bonchev–Trinajstić information content (AvgIpc) is 2.90. The highest BCUT2D eigenvalue weighted by atomic mass is 31.2. The van der Waals surface area contributed by atoms with Crippen molar-refractivity contribution in [1.29, 1.82) is 0 Å². The van der Waals surface area contributed by atoms with Gasteiger partial charge in [-0.3, -0.25) is 9.66 Å². The van der Waals surface area contributed by atoms with E-state index in [1.54, 1.807) is 32.0 Å². The number of nitrogens with one attached hydrogen (secondary N) is 1. The van der Waals surface area contributed by atoms with Crippen LogP contribution in [0.25, 0.3) is 11.3 Å². The summed E-state index contributed by atoms with van der Waals surface area (Å²) in [6.07, 6.45) is 0. The van der Waals surface area contributed by atoms with Crippen molar-refractivity contribution in [1.82, 2.24) is 10.2 Å². The van der Waals surface area contributed by atoms with Gasteiger partial charge in [0.25, 0.3) is 0 Å². The summed E-state index contributed by atoms with van der Waals surface area (Å²) in [5.74, 6) is -0.321. The van der Waals surface area contributed by atoms with Gasteiger partial charge in [0.05, 0.1) is 18.9 Å². The second-order valence-electron chi connectivity index (χ2n) is 3.98. The fraction of sp³-hybridized carbons (Fsp3) is 0.308. The summed E-state index contributed by atoms with van der Waals surface area (Å²) in [6, 6.07) is 7.48. The van der Waals surface area contributed by atoms with Gasteiger partial charge in [0.1, 0.15) is 11.3 Å². The van der Waals surface area contributed by atoms with Gasteiger partial charge in [-0.15, -0.1) is 0 Å². The predicted octanol–water partition coefficient (Wildman–Crippen LogP) is 3.11. The summed E-state index contributed by atoms with van der Waals surface area (Å²) in [5.41, 5.74) is 1.56. The first-order valence-electron chi connectivity index (χ1n) is 6.30. The molecule has 0 unspecified atom stereocenters. The van der Waals surface area contributed by atoms with Gasteiger partial charge in [-0.25, -0.2) is 4.39 Å². The molecule has 1 aromatic heterocycles. The van der Waals surface area contributed by atoms with Crippen molar-refractivity contribution >= 4 is 13.0 Å². The maximum absolute atomic E-state index is 12.9. The molecule has 2 aromatic rings. The molecule has 5 nitrogen and oxygen atoms in total. The van der Waals surface area contributed by atoms with Crippen LogP contribution in [0.3, 0.4) is 0 Å². The van der Waals surface area contributed by atoms with Crippen molar-refractivity contribution in [2.45, 2.75) is 13.8 Å². The zero-order valence-corrected chi connectivity index (χ0v) is 12.2. The van der Waals surface area contributed by atoms with Crippen molar-refractivity contribution < 1.29 is 18.0 Å². The quantitative estimate of drug-likeness (QED) is 0.832. The Kier molecular flexibility index (Phi) is 4.70. The molecule has 1 N–H and O–H groups in total. The van der Waals surface area contributed by atoms with Gasteiger partial charge in [0, 0.05) is 5.56 Å². The molecule has 1 aromatic carbocycles. The molecule has 108 valence electrons. The minimum absolute atomic E-state index is 0.266. The Morgan fingerprint density at radius 2 is 1.80 bits per heavy atom. The zero-order valence-electron chi connectivity index (χ0n) is 11.3. The van der Waals surface area contributed by atoms with Gasteiger partial charge in [-0.05, 0) is 44.2 Å². The van der Waals surface area contributed by atoms with E-state index >= 15 is 0 Å². The molecule has 0 saturated heterocycles. The van der Waals surface area contributed by atoms with Crippen LogP contribution in [-0.4, -0.2) is 23.4 Å². The monoisotopic (exact) mass is 298 g/mol. The molecule has 0 bridgehead atoms. The van der Waals surface area contributed by atoms with Crippen molar-refractivity contribution in [2.24, 2.45) is 0 Å². The van der Waals surface area contributed by atoms with Crippen molar-refractivity contribution in [2.75, 3.05) is 13.2 Å². The standard InChI is InChI=1S/C13H16FN2O3P/c1-3-18-20(17,19-4-2)13-9-12(15-16-13)10-5-7-11(14)8-6-10/h5-9H,3-4H2,1-2H3,(H,15,16). The third-order valence-corrected chi connectivity index (χ3v) is 4.61. The van der Waals surface area contributed by atoms with Crippen LogP contribution in [0.15, 0.2) is 30.3 Å². The molecular formula is C13H16FN2O3P. The molecular weight excluding hydrogens is 282 g/mol. The minimum atomic E-state index is -3.37. The van der Waals surface area contributed by atoms with Gasteiger partial charge in [0.15, 0.2) is 0 Å². The number of H-pyrrole nitrogens is 1. The Morgan fingerprint density at radius 3 is 2.35 bits per heavy atom. The number of aromatic nitrogens is 2. The Balaban J connectivity index is 2.31. The summed E-state index contributed by atoms with van der Waals surface area (Å²) in [4.78, 5) is 0. The third-order valence-electron chi connectivity index (χ3n) is 2.60. The van der Waals surface area contributed by atoms with Crippen LogP contribution >= 0.6 is 7.60 Å². The Morgan fingerprint density at radius 1 is 1.20 bits per heavy atom. The SMILES string of the molecule is CCOP(=O)(OCC)c1cc(-c2ccc(F)cc2)n[nH]1. The lowest BCUT2D eigenvalue weighted by molar-refractivity contribution is 0.229. The van der Waals surface area contributed by atoms with E-state index < -0.39 is 7.60 Å². The summed E-state index contributed by atoms with van der Waals surface area (Å²) >= 11 is 0. The van der Waals surface area contributed by atoms with E-state index in [0.29, 0.717) is 16.7 Å². The van der Waals surface area contributed by atoms with Crippen molar-refractivity contribution in [3.8, 4) is 11.3 Å². The molecule has 0 aliphatic carbocycles. The van der Waals surface area contributed by atoms with Crippen molar-refractivity contribution in [3.63, 3.8) is 0 Å². The summed E-state index contributed by atoms with van der Waals surface area (Å²) in [6.45, 7) is 4.01. The Bertz CT molecular complexity index is 602. The first kappa shape index (κ1) is 14.9. The van der Waals surface area contributed by atoms with Crippen LogP contribution in [0.4, 0.5) is 4.39 Å². The lowest BCUT2D eigenvalue weighted by atomic mass is 10.1. The van der Waals surface area contributed by atoms with E-state index in [1.165, 1.54) is 12.1 Å². The summed E-state index contributed by atoms with van der Waals surface area (Å²) in [5, 5.41) is 6.74. The molecule has 0 fully saturated rings. The molecule has 0 atom stereocenters. The molecule has 1 heterocycles. The number of rotatable bonds is 6. The smallest absolute Gasteiger partial charge is 0.304 e. The Labute approximate surface area is 116 Å². The van der Waals surface area contributed by atoms with E-state index in [-0.39, 0.29) is 19.0 Å². The van der Waals surface area contributed by atoms with E-state index in [4.69, 9.17) is 9.05 Å². The lowest BCUT2D eigenvalue weighted by Crippen LogP contribution is -2.11. The van der Waals surface area contributed by atoms with Gasteiger partial charge in [-0.2, -0.15) is 5.10 Å². The second kappa shape index (κ2) is 6.31. The van der Waals surface area contributed by atoms with E-state index in [2.05, 4.69) is 10.2 Å². The van der Waals surface area contributed by atoms with Gasteiger partial charge < -0.3 is 9.05 Å². The minimum Gasteiger partial charge on any atom is -0.304 e. The van der Waals surface area contributed by atoms with Crippen LogP contribution in [0.1, 0.15) is 13.8 Å². The van der Waals surface area contributed by atoms with Gasteiger partial charge in [-0.1, -0.05) is 0 Å². The van der Waals surface area contributed by atoms with E-state index in [1.807, 2.05) is 0 Å². The van der Waals surface area contributed by atoms with Crippen LogP contribution in [0.2, 0.25) is 0 Å². The number of aromatic amines is 1. The molecule has 7 heteroatoms. The van der Waals surface area contributed by atoms with Crippen LogP contribution in [-0.2, 0) is 13.6 Å². The normalized spacial score (nSPS) is 11.8. The van der Waals surface area contributed by atoms with Crippen LogP contribution in [0, 0.1) is 5.82 Å². The highest BCUT2D eigenvalue weighted by Gasteiger charge is 2.29. The largest absolute Gasteiger partial charge is 0.378 e. The topological polar surface area (TPSA) is 64.2 Å². The molecule has 20 heavy (non-hydrogen) atoms. The molecule has 0 amide bonds. The molecule has 0 saturated carbocycles. The average molecular weight is 298 g/mol. The zero-order chi connectivity index (χ0) is 14.6. The molecule has 0 radical (unpaired) electrons. The van der Waals surface area contributed by atoms with Gasteiger partial charge in [0.2, 0.25) is 0 Å². The predicted molar refractivity (Wildman–Crippen MR) is 74.5 cm³/mol. The maximum atomic E-state index is 12.9. The number of benzene rings is 1. The maximum Gasteiger partial charge on any atom is 0.378 e. The number of hydrogen-bond donors (Lipinski definition) is 1. The molecule has 0 spiro atoms. The molecule has 0 aliphatic rings. The van der Waals surface area contributed by atoms with E-state index in [0.717, 1.165) is 0 Å². The van der Waals surface area contributed by atoms with Crippen LogP contribution < -0.4 is 5.44 Å². The summed E-state index contributed by atoms with van der Waals surface area (Å²) < 4.78 is 35.9. The first-order chi connectivity index (χ1) is 9.59. The number of nitrogens with zero attached hydrogens (tertiary/aromatic N) is 1. The first-order valence-corrected chi connectivity index (χ1v) is 7.84. The lowest BCUT2D eigenvalue weighted by Gasteiger charge is -2.14. The summed E-state index contributed by atoms with van der Waals surface area (Å²) in [7, 11) is -3.37.